The number of nitrogens with zero attached hydrogens (tertiary/aromatic N) is 2. The van der Waals surface area contributed by atoms with Crippen molar-refractivity contribution >= 4 is 45.8 Å². The van der Waals surface area contributed by atoms with Gasteiger partial charge in [0.15, 0.2) is 0 Å². The highest BCUT2D eigenvalue weighted by molar-refractivity contribution is 7.82. The Morgan fingerprint density at radius 1 is 1.29 bits per heavy atom. The Balaban J connectivity index is 1.64. The maximum atomic E-state index is 14.3. The van der Waals surface area contributed by atoms with E-state index in [2.05, 4.69) is 14.6 Å². The van der Waals surface area contributed by atoms with E-state index in [1.807, 2.05) is 6.07 Å². The predicted molar refractivity (Wildman–Crippen MR) is 108 cm³/mol. The van der Waals surface area contributed by atoms with E-state index in [0.29, 0.717) is 17.9 Å². The zero-order valence-electron chi connectivity index (χ0n) is 15.0. The van der Waals surface area contributed by atoms with Gasteiger partial charge in [0.2, 0.25) is 0 Å². The maximum Gasteiger partial charge on any atom is 0.265 e. The third kappa shape index (κ3) is 5.12. The molecule has 28 heavy (non-hydrogen) atoms. The number of piperidine rings is 1. The fourth-order valence-corrected chi connectivity index (χ4v) is 3.71. The first-order valence-electron chi connectivity index (χ1n) is 8.49. The number of amides is 1. The van der Waals surface area contributed by atoms with E-state index in [1.165, 1.54) is 12.3 Å². The number of ether oxygens (including phenoxy) is 1. The highest BCUT2D eigenvalue weighted by Gasteiger charge is 2.23. The molecule has 10 heteroatoms. The number of nitrogens with one attached hydrogen (secondary N) is 1. The number of hydrogen-bond donors (Lipinski definition) is 1. The van der Waals surface area contributed by atoms with Crippen LogP contribution in [-0.4, -0.2) is 40.5 Å². The van der Waals surface area contributed by atoms with Gasteiger partial charge in [0.25, 0.3) is 5.91 Å². The maximum absolute atomic E-state index is 14.3. The molecule has 1 saturated heterocycles. The van der Waals surface area contributed by atoms with Gasteiger partial charge in [-0.15, -0.1) is 0 Å². The molecule has 1 aliphatic heterocycles. The summed E-state index contributed by atoms with van der Waals surface area (Å²) in [6.07, 6.45) is 5.90. The topological polar surface area (TPSA) is 71.5 Å². The number of halogens is 3. The van der Waals surface area contributed by atoms with E-state index in [9.17, 15) is 13.4 Å². The Labute approximate surface area is 174 Å². The molecule has 1 aromatic carbocycles. The molecule has 2 aromatic rings. The second-order valence-corrected chi connectivity index (χ2v) is 8.27. The summed E-state index contributed by atoms with van der Waals surface area (Å²) in [6, 6.07) is 4.12. The predicted octanol–water partition coefficient (Wildman–Crippen LogP) is 3.60. The van der Waals surface area contributed by atoms with Crippen molar-refractivity contribution in [1.82, 2.24) is 9.71 Å². The largest absolute Gasteiger partial charge is 0.489 e. The molecule has 1 unspecified atom stereocenters. The summed E-state index contributed by atoms with van der Waals surface area (Å²) in [5.74, 6) is -1.41. The van der Waals surface area contributed by atoms with Crippen LogP contribution in [0.3, 0.4) is 0 Å². The molecular formula is C18H18Cl2FN3O3S. The highest BCUT2D eigenvalue weighted by atomic mass is 35.5. The molecular weight excluding hydrogens is 428 g/mol. The first-order valence-corrected chi connectivity index (χ1v) is 10.8. The van der Waals surface area contributed by atoms with Crippen molar-refractivity contribution in [3.63, 3.8) is 0 Å². The molecule has 1 N–H and O–H groups in total. The van der Waals surface area contributed by atoms with Crippen molar-refractivity contribution in [2.24, 2.45) is 0 Å². The molecule has 1 fully saturated rings. The average molecular weight is 446 g/mol. The molecule has 2 heterocycles. The molecule has 1 aliphatic rings. The Bertz CT molecular complexity index is 908. The lowest BCUT2D eigenvalue weighted by Gasteiger charge is -2.33. The van der Waals surface area contributed by atoms with Crippen molar-refractivity contribution in [3.8, 4) is 5.75 Å². The first-order chi connectivity index (χ1) is 13.3. The first kappa shape index (κ1) is 20.8. The van der Waals surface area contributed by atoms with Crippen molar-refractivity contribution in [3.05, 3.63) is 52.0 Å². The van der Waals surface area contributed by atoms with Crippen molar-refractivity contribution in [1.29, 1.82) is 0 Å². The Morgan fingerprint density at radius 2 is 2.00 bits per heavy atom. The number of carbonyl (C=O) groups excluding carboxylic acids is 1. The van der Waals surface area contributed by atoms with Crippen LogP contribution in [0.2, 0.25) is 10.0 Å². The summed E-state index contributed by atoms with van der Waals surface area (Å²) in [7, 11) is -1.60. The fourth-order valence-electron chi connectivity index (χ4n) is 2.96. The zero-order valence-corrected chi connectivity index (χ0v) is 17.3. The molecule has 150 valence electrons. The van der Waals surface area contributed by atoms with E-state index in [4.69, 9.17) is 27.9 Å². The SMILES string of the molecule is CS(=O)NC(=O)c1cc(Cl)c(OC2CCN(c3cncc(Cl)c3)CC2)cc1F. The van der Waals surface area contributed by atoms with E-state index in [1.54, 1.807) is 12.4 Å². The van der Waals surface area contributed by atoms with Crippen LogP contribution in [0.4, 0.5) is 10.1 Å². The van der Waals surface area contributed by atoms with Gasteiger partial charge >= 0.3 is 0 Å². The Morgan fingerprint density at radius 3 is 2.64 bits per heavy atom. The molecule has 0 spiro atoms. The van der Waals surface area contributed by atoms with Crippen LogP contribution < -0.4 is 14.4 Å². The van der Waals surface area contributed by atoms with Crippen molar-refractivity contribution in [2.75, 3.05) is 24.2 Å². The minimum Gasteiger partial charge on any atom is -0.489 e. The molecule has 0 aliphatic carbocycles. The smallest absolute Gasteiger partial charge is 0.265 e. The Hall–Kier alpha value is -1.90. The van der Waals surface area contributed by atoms with Crippen LogP contribution in [0.25, 0.3) is 0 Å². The summed E-state index contributed by atoms with van der Waals surface area (Å²) in [5.41, 5.74) is 0.662. The van der Waals surface area contributed by atoms with Crippen molar-refractivity contribution in [2.45, 2.75) is 18.9 Å². The fraction of sp³-hybridized carbons (Fsp3) is 0.333. The van der Waals surface area contributed by atoms with E-state index in [-0.39, 0.29) is 22.4 Å². The number of benzene rings is 1. The van der Waals surface area contributed by atoms with E-state index >= 15 is 0 Å². The van der Waals surface area contributed by atoms with Crippen LogP contribution in [0.1, 0.15) is 23.2 Å². The van der Waals surface area contributed by atoms with Gasteiger partial charge in [-0.05, 0) is 12.1 Å². The molecule has 1 atom stereocenters. The minimum absolute atomic E-state index is 0.120. The van der Waals surface area contributed by atoms with Gasteiger partial charge in [0.1, 0.15) is 28.7 Å². The van der Waals surface area contributed by atoms with Gasteiger partial charge in [-0.1, -0.05) is 23.2 Å². The van der Waals surface area contributed by atoms with Gasteiger partial charge in [-0.25, -0.2) is 8.60 Å². The minimum atomic E-state index is -1.60. The standard InChI is InChI=1S/C18H18Cl2FN3O3S/c1-28(26)23-18(25)14-7-15(20)17(8-16(14)21)27-13-2-4-24(5-3-13)12-6-11(19)9-22-10-12/h6-10,13H,2-5H2,1H3,(H,23,25). The quantitative estimate of drug-likeness (QED) is 0.760. The summed E-state index contributed by atoms with van der Waals surface area (Å²) in [6.45, 7) is 1.46. The second-order valence-electron chi connectivity index (χ2n) is 6.31. The third-order valence-electron chi connectivity index (χ3n) is 4.29. The normalized spacial score (nSPS) is 15.9. The van der Waals surface area contributed by atoms with Gasteiger partial charge < -0.3 is 9.64 Å². The highest BCUT2D eigenvalue weighted by Crippen LogP contribution is 2.31. The third-order valence-corrected chi connectivity index (χ3v) is 5.27. The lowest BCUT2D eigenvalue weighted by molar-refractivity contribution is 0.0979. The van der Waals surface area contributed by atoms with Gasteiger partial charge in [-0.3, -0.25) is 14.5 Å². The number of anilines is 1. The van der Waals surface area contributed by atoms with Crippen LogP contribution in [-0.2, 0) is 11.0 Å². The van der Waals surface area contributed by atoms with Crippen LogP contribution in [0.15, 0.2) is 30.6 Å². The van der Waals surface area contributed by atoms with Crippen LogP contribution >= 0.6 is 23.2 Å². The molecule has 3 rings (SSSR count). The lowest BCUT2D eigenvalue weighted by atomic mass is 10.1. The number of pyridine rings is 1. The summed E-state index contributed by atoms with van der Waals surface area (Å²) >= 11 is 12.1. The molecule has 1 amide bonds. The summed E-state index contributed by atoms with van der Waals surface area (Å²) in [4.78, 5) is 18.1. The summed E-state index contributed by atoms with van der Waals surface area (Å²) in [5, 5.41) is 0.698. The van der Waals surface area contributed by atoms with Gasteiger partial charge in [0.05, 0.1) is 27.5 Å². The molecule has 0 saturated carbocycles. The van der Waals surface area contributed by atoms with Gasteiger partial charge in [0, 0.05) is 44.5 Å². The van der Waals surface area contributed by atoms with Crippen LogP contribution in [0.5, 0.6) is 5.75 Å². The zero-order chi connectivity index (χ0) is 20.3. The van der Waals surface area contributed by atoms with E-state index < -0.39 is 22.7 Å². The number of rotatable bonds is 5. The average Bonchev–Trinajstić information content (AvgIpc) is 2.64. The molecule has 0 bridgehead atoms. The number of carbonyl (C=O) groups is 1. The number of aromatic nitrogens is 1. The number of hydrogen-bond acceptors (Lipinski definition) is 5. The second kappa shape index (κ2) is 9.07. The van der Waals surface area contributed by atoms with Crippen LogP contribution in [0, 0.1) is 5.82 Å². The Kier molecular flexibility index (Phi) is 6.74. The van der Waals surface area contributed by atoms with E-state index in [0.717, 1.165) is 24.8 Å². The summed E-state index contributed by atoms with van der Waals surface area (Å²) < 4.78 is 33.3. The van der Waals surface area contributed by atoms with Crippen molar-refractivity contribution < 1.29 is 18.1 Å². The van der Waals surface area contributed by atoms with Gasteiger partial charge in [-0.2, -0.15) is 0 Å². The molecule has 6 nitrogen and oxygen atoms in total. The monoisotopic (exact) mass is 445 g/mol. The lowest BCUT2D eigenvalue weighted by Crippen LogP contribution is -2.38. The molecule has 1 aromatic heterocycles. The molecule has 0 radical (unpaired) electrons.